The zero-order chi connectivity index (χ0) is 16.4. The van der Waals surface area contributed by atoms with Crippen molar-refractivity contribution in [2.24, 2.45) is 7.05 Å². The van der Waals surface area contributed by atoms with E-state index in [0.717, 1.165) is 22.8 Å². The van der Waals surface area contributed by atoms with Crippen molar-refractivity contribution in [2.45, 2.75) is 6.54 Å². The first-order chi connectivity index (χ1) is 11.1. The van der Waals surface area contributed by atoms with E-state index >= 15 is 0 Å². The molecule has 0 fully saturated rings. The zero-order valence-corrected chi connectivity index (χ0v) is 14.6. The Morgan fingerprint density at radius 2 is 1.74 bits per heavy atom. The molecule has 23 heavy (non-hydrogen) atoms. The van der Waals surface area contributed by atoms with Gasteiger partial charge in [-0.15, -0.1) is 0 Å². The summed E-state index contributed by atoms with van der Waals surface area (Å²) in [5.41, 5.74) is 2.83. The van der Waals surface area contributed by atoms with Crippen LogP contribution in [0, 0.1) is 0 Å². The van der Waals surface area contributed by atoms with Crippen LogP contribution in [0.2, 0.25) is 15.1 Å². The Hall–Kier alpha value is -1.68. The molecule has 1 heterocycles. The standard InChI is InChI=1S/C17H14Cl3N3/c1-23-16(11-4-2-5-12(18)8-11)10-22-17(23)21-9-13-14(19)6-3-7-15(13)20/h2-8,10H,9H2,1H3,(H,21,22). The molecule has 0 aliphatic carbocycles. The number of anilines is 1. The first-order valence-corrected chi connectivity index (χ1v) is 8.14. The second-order valence-corrected chi connectivity index (χ2v) is 6.34. The Bertz CT molecular complexity index is 823. The molecule has 0 atom stereocenters. The molecule has 0 amide bonds. The van der Waals surface area contributed by atoms with Crippen LogP contribution in [0.4, 0.5) is 5.95 Å². The second-order valence-electron chi connectivity index (χ2n) is 5.09. The molecule has 0 saturated heterocycles. The van der Waals surface area contributed by atoms with Crippen LogP contribution in [0.5, 0.6) is 0 Å². The van der Waals surface area contributed by atoms with Crippen molar-refractivity contribution in [3.05, 3.63) is 69.3 Å². The number of aromatic nitrogens is 2. The number of nitrogens with one attached hydrogen (secondary N) is 1. The van der Waals surface area contributed by atoms with Gasteiger partial charge < -0.3 is 9.88 Å². The number of nitrogens with zero attached hydrogens (tertiary/aromatic N) is 2. The molecule has 0 saturated carbocycles. The molecule has 3 aromatic rings. The van der Waals surface area contributed by atoms with Crippen molar-refractivity contribution in [1.82, 2.24) is 9.55 Å². The van der Waals surface area contributed by atoms with Crippen molar-refractivity contribution >= 4 is 40.8 Å². The van der Waals surface area contributed by atoms with Gasteiger partial charge in [0.1, 0.15) is 0 Å². The number of hydrogen-bond acceptors (Lipinski definition) is 2. The van der Waals surface area contributed by atoms with E-state index in [4.69, 9.17) is 34.8 Å². The summed E-state index contributed by atoms with van der Waals surface area (Å²) < 4.78 is 1.97. The molecule has 0 spiro atoms. The van der Waals surface area contributed by atoms with Gasteiger partial charge in [-0.25, -0.2) is 4.98 Å². The maximum Gasteiger partial charge on any atom is 0.203 e. The zero-order valence-electron chi connectivity index (χ0n) is 12.4. The molecule has 0 aliphatic rings. The van der Waals surface area contributed by atoms with Crippen LogP contribution in [-0.2, 0) is 13.6 Å². The van der Waals surface area contributed by atoms with E-state index in [1.54, 1.807) is 0 Å². The van der Waals surface area contributed by atoms with Gasteiger partial charge in [0.15, 0.2) is 0 Å². The van der Waals surface area contributed by atoms with Gasteiger partial charge >= 0.3 is 0 Å². The van der Waals surface area contributed by atoms with Crippen LogP contribution in [0.25, 0.3) is 11.3 Å². The minimum absolute atomic E-state index is 0.498. The summed E-state index contributed by atoms with van der Waals surface area (Å²) in [5.74, 6) is 0.732. The van der Waals surface area contributed by atoms with Crippen LogP contribution in [0.15, 0.2) is 48.7 Å². The smallest absolute Gasteiger partial charge is 0.203 e. The summed E-state index contributed by atoms with van der Waals surface area (Å²) in [6.45, 7) is 0.498. The molecule has 2 aromatic carbocycles. The third-order valence-corrected chi connectivity index (χ3v) is 4.54. The van der Waals surface area contributed by atoms with Gasteiger partial charge in [-0.2, -0.15) is 0 Å². The number of hydrogen-bond donors (Lipinski definition) is 1. The predicted octanol–water partition coefficient (Wildman–Crippen LogP) is 5.66. The molecule has 3 nitrogen and oxygen atoms in total. The number of benzene rings is 2. The summed E-state index contributed by atoms with van der Waals surface area (Å²) >= 11 is 18.4. The van der Waals surface area contributed by atoms with Crippen molar-refractivity contribution in [2.75, 3.05) is 5.32 Å². The summed E-state index contributed by atoms with van der Waals surface area (Å²) in [6, 6.07) is 13.1. The molecule has 1 aromatic heterocycles. The fraction of sp³-hybridized carbons (Fsp3) is 0.118. The Balaban J connectivity index is 1.83. The Kier molecular flexibility index (Phi) is 4.81. The van der Waals surface area contributed by atoms with Crippen molar-refractivity contribution in [3.8, 4) is 11.3 Å². The summed E-state index contributed by atoms with van der Waals surface area (Å²) in [7, 11) is 1.94. The molecular formula is C17H14Cl3N3. The van der Waals surface area contributed by atoms with Crippen molar-refractivity contribution in [3.63, 3.8) is 0 Å². The minimum atomic E-state index is 0.498. The van der Waals surface area contributed by atoms with E-state index in [-0.39, 0.29) is 0 Å². The second kappa shape index (κ2) is 6.83. The predicted molar refractivity (Wildman–Crippen MR) is 97.4 cm³/mol. The highest BCUT2D eigenvalue weighted by molar-refractivity contribution is 6.36. The summed E-state index contributed by atoms with van der Waals surface area (Å²) in [5, 5.41) is 5.23. The fourth-order valence-electron chi connectivity index (χ4n) is 2.36. The molecule has 0 bridgehead atoms. The van der Waals surface area contributed by atoms with E-state index < -0.39 is 0 Å². The van der Waals surface area contributed by atoms with Crippen LogP contribution >= 0.6 is 34.8 Å². The van der Waals surface area contributed by atoms with Crippen LogP contribution < -0.4 is 5.32 Å². The fourth-order valence-corrected chi connectivity index (χ4v) is 3.08. The highest BCUT2D eigenvalue weighted by atomic mass is 35.5. The van der Waals surface area contributed by atoms with E-state index in [9.17, 15) is 0 Å². The van der Waals surface area contributed by atoms with Crippen LogP contribution in [0.1, 0.15) is 5.56 Å². The monoisotopic (exact) mass is 365 g/mol. The van der Waals surface area contributed by atoms with Gasteiger partial charge in [0, 0.05) is 39.8 Å². The van der Waals surface area contributed by atoms with E-state index in [2.05, 4.69) is 10.3 Å². The topological polar surface area (TPSA) is 29.9 Å². The number of imidazole rings is 1. The SMILES string of the molecule is Cn1c(-c2cccc(Cl)c2)cnc1NCc1c(Cl)cccc1Cl. The average molecular weight is 367 g/mol. The highest BCUT2D eigenvalue weighted by Crippen LogP contribution is 2.27. The van der Waals surface area contributed by atoms with Gasteiger partial charge in [0.2, 0.25) is 5.95 Å². The molecule has 0 radical (unpaired) electrons. The van der Waals surface area contributed by atoms with Crippen molar-refractivity contribution in [1.29, 1.82) is 0 Å². The lowest BCUT2D eigenvalue weighted by Crippen LogP contribution is -2.06. The molecule has 0 aliphatic heterocycles. The minimum Gasteiger partial charge on any atom is -0.351 e. The lowest BCUT2D eigenvalue weighted by molar-refractivity contribution is 0.907. The Morgan fingerprint density at radius 3 is 2.43 bits per heavy atom. The average Bonchev–Trinajstić information content (AvgIpc) is 2.88. The molecule has 6 heteroatoms. The molecular weight excluding hydrogens is 353 g/mol. The maximum atomic E-state index is 6.19. The third-order valence-electron chi connectivity index (χ3n) is 3.59. The van der Waals surface area contributed by atoms with E-state index in [1.807, 2.05) is 60.3 Å². The number of rotatable bonds is 4. The highest BCUT2D eigenvalue weighted by Gasteiger charge is 2.10. The lowest BCUT2D eigenvalue weighted by atomic mass is 10.2. The van der Waals surface area contributed by atoms with Gasteiger partial charge in [-0.3, -0.25) is 0 Å². The van der Waals surface area contributed by atoms with Crippen LogP contribution in [0.3, 0.4) is 0 Å². The first kappa shape index (κ1) is 16.2. The molecule has 0 unspecified atom stereocenters. The van der Waals surface area contributed by atoms with E-state index in [0.29, 0.717) is 21.6 Å². The summed E-state index contributed by atoms with van der Waals surface area (Å²) in [4.78, 5) is 4.42. The maximum absolute atomic E-state index is 6.19. The first-order valence-electron chi connectivity index (χ1n) is 7.00. The third kappa shape index (κ3) is 3.47. The van der Waals surface area contributed by atoms with E-state index in [1.165, 1.54) is 0 Å². The van der Waals surface area contributed by atoms with Crippen molar-refractivity contribution < 1.29 is 0 Å². The Labute approximate surface area is 149 Å². The molecule has 118 valence electrons. The normalized spacial score (nSPS) is 10.8. The number of halogens is 3. The van der Waals surface area contributed by atoms with Gasteiger partial charge in [0.25, 0.3) is 0 Å². The molecule has 3 rings (SSSR count). The lowest BCUT2D eigenvalue weighted by Gasteiger charge is -2.11. The van der Waals surface area contributed by atoms with Gasteiger partial charge in [-0.1, -0.05) is 53.0 Å². The van der Waals surface area contributed by atoms with Crippen LogP contribution in [-0.4, -0.2) is 9.55 Å². The van der Waals surface area contributed by atoms with Gasteiger partial charge in [-0.05, 0) is 24.3 Å². The Morgan fingerprint density at radius 1 is 1.04 bits per heavy atom. The quantitative estimate of drug-likeness (QED) is 0.645. The largest absolute Gasteiger partial charge is 0.351 e. The molecule has 1 N–H and O–H groups in total. The van der Waals surface area contributed by atoms with Gasteiger partial charge in [0.05, 0.1) is 11.9 Å². The summed E-state index contributed by atoms with van der Waals surface area (Å²) in [6.07, 6.45) is 1.81.